The molecule has 3 rings (SSSR count). The molecule has 1 heterocycles. The first-order valence-corrected chi connectivity index (χ1v) is 10.1. The van der Waals surface area contributed by atoms with E-state index in [0.717, 1.165) is 31.9 Å². The molecule has 1 fully saturated rings. The fraction of sp³-hybridized carbons (Fsp3) is 0.333. The van der Waals surface area contributed by atoms with Gasteiger partial charge in [-0.15, -0.1) is 0 Å². The van der Waals surface area contributed by atoms with E-state index in [1.54, 1.807) is 18.2 Å². The van der Waals surface area contributed by atoms with Gasteiger partial charge in [-0.05, 0) is 55.0 Å². The second kappa shape index (κ2) is 9.91. The normalized spacial score (nSPS) is 14.8. The van der Waals surface area contributed by atoms with Gasteiger partial charge in [0.2, 0.25) is 0 Å². The van der Waals surface area contributed by atoms with Crippen LogP contribution in [0.1, 0.15) is 28.9 Å². The Balaban J connectivity index is 1.61. The molecule has 29 heavy (non-hydrogen) atoms. The molecule has 0 radical (unpaired) electrons. The summed E-state index contributed by atoms with van der Waals surface area (Å²) in [7, 11) is 1.34. The van der Waals surface area contributed by atoms with Gasteiger partial charge in [-0.2, -0.15) is 0 Å². The molecule has 0 amide bonds. The van der Waals surface area contributed by atoms with Crippen molar-refractivity contribution in [2.45, 2.75) is 13.0 Å². The van der Waals surface area contributed by atoms with Crippen LogP contribution in [0.4, 0.5) is 11.4 Å². The summed E-state index contributed by atoms with van der Waals surface area (Å²) in [5, 5.41) is 7.18. The SMILES string of the molecule is COC(=O)c1ccc(Cl)c(NC(=S)N[C@@H](C)c2ccc(N3CCOCC3)cc2)c1. The van der Waals surface area contributed by atoms with Crippen molar-refractivity contribution in [3.63, 3.8) is 0 Å². The molecule has 6 nitrogen and oxygen atoms in total. The number of hydrogen-bond donors (Lipinski definition) is 2. The van der Waals surface area contributed by atoms with Crippen LogP contribution in [0, 0.1) is 0 Å². The Hall–Kier alpha value is -2.35. The van der Waals surface area contributed by atoms with Crippen LogP contribution in [0.15, 0.2) is 42.5 Å². The largest absolute Gasteiger partial charge is 0.465 e. The zero-order chi connectivity index (χ0) is 20.8. The summed E-state index contributed by atoms with van der Waals surface area (Å²) >= 11 is 11.6. The Labute approximate surface area is 181 Å². The zero-order valence-corrected chi connectivity index (χ0v) is 18.0. The van der Waals surface area contributed by atoms with Crippen LogP contribution >= 0.6 is 23.8 Å². The first-order chi connectivity index (χ1) is 14.0. The highest BCUT2D eigenvalue weighted by atomic mass is 35.5. The Morgan fingerprint density at radius 1 is 1.21 bits per heavy atom. The molecule has 1 atom stereocenters. The minimum Gasteiger partial charge on any atom is -0.465 e. The van der Waals surface area contributed by atoms with Crippen molar-refractivity contribution < 1.29 is 14.3 Å². The van der Waals surface area contributed by atoms with Crippen molar-refractivity contribution in [1.29, 1.82) is 0 Å². The second-order valence-electron chi connectivity index (χ2n) is 6.70. The van der Waals surface area contributed by atoms with Gasteiger partial charge >= 0.3 is 5.97 Å². The number of rotatable bonds is 5. The zero-order valence-electron chi connectivity index (χ0n) is 16.4. The molecule has 2 aromatic carbocycles. The molecule has 2 aromatic rings. The minimum absolute atomic E-state index is 0.00342. The smallest absolute Gasteiger partial charge is 0.337 e. The number of thiocarbonyl (C=S) groups is 1. The number of nitrogens with zero attached hydrogens (tertiary/aromatic N) is 1. The molecule has 0 spiro atoms. The summed E-state index contributed by atoms with van der Waals surface area (Å²) < 4.78 is 10.1. The van der Waals surface area contributed by atoms with E-state index in [9.17, 15) is 4.79 Å². The number of carbonyl (C=O) groups excluding carboxylic acids is 1. The maximum atomic E-state index is 11.7. The highest BCUT2D eigenvalue weighted by Crippen LogP contribution is 2.24. The van der Waals surface area contributed by atoms with E-state index in [0.29, 0.717) is 21.4 Å². The third-order valence-corrected chi connectivity index (χ3v) is 5.30. The van der Waals surface area contributed by atoms with Crippen LogP contribution in [0.2, 0.25) is 5.02 Å². The number of halogens is 1. The molecule has 8 heteroatoms. The molecule has 2 N–H and O–H groups in total. The summed E-state index contributed by atoms with van der Waals surface area (Å²) in [4.78, 5) is 14.0. The monoisotopic (exact) mass is 433 g/mol. The summed E-state index contributed by atoms with van der Waals surface area (Å²) in [6.45, 7) is 5.38. The first-order valence-electron chi connectivity index (χ1n) is 9.36. The maximum absolute atomic E-state index is 11.7. The summed E-state index contributed by atoms with van der Waals surface area (Å²) in [5.41, 5.74) is 3.24. The number of benzene rings is 2. The Kier molecular flexibility index (Phi) is 7.30. The van der Waals surface area contributed by atoms with Gasteiger partial charge < -0.3 is 25.0 Å². The van der Waals surface area contributed by atoms with Crippen molar-refractivity contribution in [2.75, 3.05) is 43.6 Å². The minimum atomic E-state index is -0.433. The number of methoxy groups -OCH3 is 1. The molecular formula is C21H24ClN3O3S. The Bertz CT molecular complexity index is 870. The molecule has 0 aliphatic carbocycles. The predicted octanol–water partition coefficient (Wildman–Crippen LogP) is 4.01. The van der Waals surface area contributed by atoms with Gasteiger partial charge in [0.25, 0.3) is 0 Å². The predicted molar refractivity (Wildman–Crippen MR) is 120 cm³/mol. The fourth-order valence-electron chi connectivity index (χ4n) is 3.10. The van der Waals surface area contributed by atoms with E-state index < -0.39 is 5.97 Å². The fourth-order valence-corrected chi connectivity index (χ4v) is 3.55. The van der Waals surface area contributed by atoms with Crippen molar-refractivity contribution >= 4 is 46.3 Å². The third kappa shape index (κ3) is 5.59. The molecule has 1 aliphatic heterocycles. The van der Waals surface area contributed by atoms with Gasteiger partial charge in [-0.3, -0.25) is 0 Å². The molecule has 0 aromatic heterocycles. The summed E-state index contributed by atoms with van der Waals surface area (Å²) in [6, 6.07) is 13.3. The lowest BCUT2D eigenvalue weighted by Crippen LogP contribution is -2.36. The average molecular weight is 434 g/mol. The van der Waals surface area contributed by atoms with Crippen LogP contribution in [-0.2, 0) is 9.47 Å². The quantitative estimate of drug-likeness (QED) is 0.545. The van der Waals surface area contributed by atoms with Crippen molar-refractivity contribution in [2.24, 2.45) is 0 Å². The van der Waals surface area contributed by atoms with Crippen LogP contribution in [0.3, 0.4) is 0 Å². The number of anilines is 2. The van der Waals surface area contributed by atoms with Crippen LogP contribution in [0.25, 0.3) is 0 Å². The van der Waals surface area contributed by atoms with Gasteiger partial charge in [0.05, 0.1) is 42.6 Å². The van der Waals surface area contributed by atoms with Crippen LogP contribution < -0.4 is 15.5 Å². The molecule has 1 aliphatic rings. The van der Waals surface area contributed by atoms with E-state index in [1.807, 2.05) is 6.92 Å². The topological polar surface area (TPSA) is 62.8 Å². The van der Waals surface area contributed by atoms with Gasteiger partial charge in [0, 0.05) is 18.8 Å². The number of ether oxygens (including phenoxy) is 2. The number of nitrogens with one attached hydrogen (secondary N) is 2. The lowest BCUT2D eigenvalue weighted by atomic mass is 10.1. The van der Waals surface area contributed by atoms with E-state index >= 15 is 0 Å². The van der Waals surface area contributed by atoms with E-state index in [4.69, 9.17) is 33.3 Å². The highest BCUT2D eigenvalue weighted by molar-refractivity contribution is 7.80. The Morgan fingerprint density at radius 2 is 1.90 bits per heavy atom. The number of carbonyl (C=O) groups is 1. The van der Waals surface area contributed by atoms with Crippen molar-refractivity contribution in [3.8, 4) is 0 Å². The Morgan fingerprint density at radius 3 is 2.55 bits per heavy atom. The number of morpholine rings is 1. The van der Waals surface area contributed by atoms with Gasteiger partial charge in [0.15, 0.2) is 5.11 Å². The summed E-state index contributed by atoms with van der Waals surface area (Å²) in [6.07, 6.45) is 0. The number of hydrogen-bond acceptors (Lipinski definition) is 5. The van der Waals surface area contributed by atoms with Gasteiger partial charge in [-0.25, -0.2) is 4.79 Å². The molecule has 154 valence electrons. The van der Waals surface area contributed by atoms with Crippen molar-refractivity contribution in [1.82, 2.24) is 5.32 Å². The second-order valence-corrected chi connectivity index (χ2v) is 7.51. The van der Waals surface area contributed by atoms with Crippen LogP contribution in [-0.4, -0.2) is 44.5 Å². The molecule has 0 saturated carbocycles. The van der Waals surface area contributed by atoms with Crippen molar-refractivity contribution in [3.05, 3.63) is 58.6 Å². The molecule has 0 unspecified atom stereocenters. The summed E-state index contributed by atoms with van der Waals surface area (Å²) in [5.74, 6) is -0.433. The third-order valence-electron chi connectivity index (χ3n) is 4.75. The molecule has 0 bridgehead atoms. The van der Waals surface area contributed by atoms with Crippen LogP contribution in [0.5, 0.6) is 0 Å². The molecular weight excluding hydrogens is 410 g/mol. The highest BCUT2D eigenvalue weighted by Gasteiger charge is 2.14. The lowest BCUT2D eigenvalue weighted by molar-refractivity contribution is 0.0601. The van der Waals surface area contributed by atoms with Gasteiger partial charge in [-0.1, -0.05) is 23.7 Å². The van der Waals surface area contributed by atoms with E-state index in [-0.39, 0.29) is 6.04 Å². The first kappa shape index (κ1) is 21.4. The lowest BCUT2D eigenvalue weighted by Gasteiger charge is -2.29. The van der Waals surface area contributed by atoms with E-state index in [2.05, 4.69) is 39.8 Å². The standard InChI is InChI=1S/C21H24ClN3O3S/c1-14(15-3-6-17(7-4-15)25-9-11-28-12-10-25)23-21(29)24-19-13-16(20(26)27-2)5-8-18(19)22/h3-8,13-14H,9-12H2,1-2H3,(H2,23,24,29)/t14-/m0/s1. The average Bonchev–Trinajstić information content (AvgIpc) is 2.75. The number of esters is 1. The molecule has 1 saturated heterocycles. The maximum Gasteiger partial charge on any atom is 0.337 e. The van der Waals surface area contributed by atoms with Gasteiger partial charge in [0.1, 0.15) is 0 Å². The van der Waals surface area contributed by atoms with E-state index in [1.165, 1.54) is 12.8 Å².